The number of benzene rings is 2. The monoisotopic (exact) mass is 473 g/mol. The van der Waals surface area contributed by atoms with Crippen LogP contribution in [-0.2, 0) is 7.05 Å². The van der Waals surface area contributed by atoms with Crippen LogP contribution in [0.2, 0.25) is 0 Å². The third kappa shape index (κ3) is 2.86. The summed E-state index contributed by atoms with van der Waals surface area (Å²) in [5.74, 6) is 2.32. The van der Waals surface area contributed by atoms with Gasteiger partial charge in [-0.3, -0.25) is 3.53 Å². The fraction of sp³-hybridized carbons (Fsp3) is 0.200. The predicted molar refractivity (Wildman–Crippen MR) is 120 cm³/mol. The Bertz CT molecular complexity index is 1150. The largest absolute Gasteiger partial charge is 0.496 e. The number of hydrogen-bond acceptors (Lipinski definition) is 5. The van der Waals surface area contributed by atoms with Crippen molar-refractivity contribution < 1.29 is 4.74 Å². The Hall–Kier alpha value is -2.55. The fourth-order valence-electron chi connectivity index (χ4n) is 3.54. The van der Waals surface area contributed by atoms with Crippen molar-refractivity contribution >= 4 is 56.4 Å². The van der Waals surface area contributed by atoms with Crippen molar-refractivity contribution in [3.63, 3.8) is 0 Å². The van der Waals surface area contributed by atoms with Gasteiger partial charge in [0.15, 0.2) is 0 Å². The Balaban J connectivity index is 2.19. The lowest BCUT2D eigenvalue weighted by atomic mass is 9.99. The number of halogens is 1. The lowest BCUT2D eigenvalue weighted by Crippen LogP contribution is -2.12. The smallest absolute Gasteiger partial charge is 0.234 e. The predicted octanol–water partition coefficient (Wildman–Crippen LogP) is 4.63. The van der Waals surface area contributed by atoms with E-state index in [-0.39, 0.29) is 0 Å². The van der Waals surface area contributed by atoms with E-state index in [0.29, 0.717) is 5.95 Å². The van der Waals surface area contributed by atoms with Gasteiger partial charge in [0.1, 0.15) is 11.6 Å². The van der Waals surface area contributed by atoms with Crippen LogP contribution >= 0.6 is 22.9 Å². The normalized spacial score (nSPS) is 11.1. The Labute approximate surface area is 171 Å². The van der Waals surface area contributed by atoms with Gasteiger partial charge in [-0.15, -0.1) is 0 Å². The Morgan fingerprint density at radius 3 is 2.59 bits per heavy atom. The Morgan fingerprint density at radius 2 is 1.89 bits per heavy atom. The number of nitrogens with one attached hydrogen (secondary N) is 1. The second kappa shape index (κ2) is 6.88. The molecule has 0 aliphatic rings. The van der Waals surface area contributed by atoms with Gasteiger partial charge in [0.2, 0.25) is 5.95 Å². The molecule has 0 aliphatic carbocycles. The zero-order valence-electron chi connectivity index (χ0n) is 15.6. The minimum atomic E-state index is 0.591. The molecule has 2 aromatic carbocycles. The molecule has 0 atom stereocenters. The molecule has 4 rings (SSSR count). The van der Waals surface area contributed by atoms with Crippen molar-refractivity contribution in [2.75, 3.05) is 29.6 Å². The van der Waals surface area contributed by atoms with Crippen LogP contribution in [-0.4, -0.2) is 35.7 Å². The first kappa shape index (κ1) is 17.8. The summed E-state index contributed by atoms with van der Waals surface area (Å²) >= 11 is 2.06. The molecule has 138 valence electrons. The molecule has 27 heavy (non-hydrogen) atoms. The van der Waals surface area contributed by atoms with Crippen molar-refractivity contribution in [3.8, 4) is 16.9 Å². The average molecular weight is 473 g/mol. The first-order valence-corrected chi connectivity index (χ1v) is 9.60. The quantitative estimate of drug-likeness (QED) is 0.346. The van der Waals surface area contributed by atoms with E-state index in [9.17, 15) is 0 Å². The molecule has 1 N–H and O–H groups in total. The molecule has 2 heterocycles. The van der Waals surface area contributed by atoms with Crippen molar-refractivity contribution in [3.05, 3.63) is 42.6 Å². The number of aromatic nitrogens is 3. The van der Waals surface area contributed by atoms with Gasteiger partial charge in [-0.25, -0.2) is 4.98 Å². The highest BCUT2D eigenvalue weighted by molar-refractivity contribution is 14.1. The van der Waals surface area contributed by atoms with Crippen LogP contribution in [0.3, 0.4) is 0 Å². The van der Waals surface area contributed by atoms with Crippen molar-refractivity contribution in [1.29, 1.82) is 0 Å². The first-order valence-electron chi connectivity index (χ1n) is 8.52. The second-order valence-electron chi connectivity index (χ2n) is 6.57. The summed E-state index contributed by atoms with van der Waals surface area (Å²) in [4.78, 5) is 11.4. The molecule has 2 aromatic heterocycles. The average Bonchev–Trinajstić information content (AvgIpc) is 3.08. The molecule has 0 aliphatic heterocycles. The zero-order valence-corrected chi connectivity index (χ0v) is 17.8. The van der Waals surface area contributed by atoms with E-state index in [4.69, 9.17) is 9.72 Å². The molecule has 0 fully saturated rings. The summed E-state index contributed by atoms with van der Waals surface area (Å²) in [7, 11) is 7.76. The first-order chi connectivity index (χ1) is 13.0. The Kier molecular flexibility index (Phi) is 4.55. The van der Waals surface area contributed by atoms with Crippen LogP contribution in [0.5, 0.6) is 5.75 Å². The molecular formula is C20H20IN5O. The number of ether oxygens (including phenoxy) is 1. The van der Waals surface area contributed by atoms with Gasteiger partial charge in [0.05, 0.1) is 46.4 Å². The number of para-hydroxylation sites is 1. The topological polar surface area (TPSA) is 55.2 Å². The Morgan fingerprint density at radius 1 is 1.11 bits per heavy atom. The minimum Gasteiger partial charge on any atom is -0.496 e. The summed E-state index contributed by atoms with van der Waals surface area (Å²) < 4.78 is 10.8. The number of fused-ring (bicyclic) bond motifs is 3. The lowest BCUT2D eigenvalue weighted by Gasteiger charge is -2.18. The molecule has 7 heteroatoms. The van der Waals surface area contributed by atoms with Crippen LogP contribution in [0.15, 0.2) is 42.6 Å². The van der Waals surface area contributed by atoms with Gasteiger partial charge < -0.3 is 14.2 Å². The van der Waals surface area contributed by atoms with Gasteiger partial charge in [0.25, 0.3) is 0 Å². The van der Waals surface area contributed by atoms with E-state index in [2.05, 4.69) is 67.4 Å². The summed E-state index contributed by atoms with van der Waals surface area (Å²) in [5.41, 5.74) is 4.16. The fourth-order valence-corrected chi connectivity index (χ4v) is 3.78. The van der Waals surface area contributed by atoms with Gasteiger partial charge in [-0.1, -0.05) is 18.2 Å². The van der Waals surface area contributed by atoms with E-state index in [0.717, 1.165) is 44.5 Å². The maximum absolute atomic E-state index is 5.62. The molecule has 0 bridgehead atoms. The lowest BCUT2D eigenvalue weighted by molar-refractivity contribution is 0.416. The van der Waals surface area contributed by atoms with Crippen LogP contribution in [0.1, 0.15) is 0 Å². The molecule has 0 radical (unpaired) electrons. The van der Waals surface area contributed by atoms with Gasteiger partial charge in [0, 0.05) is 43.9 Å². The van der Waals surface area contributed by atoms with Crippen LogP contribution in [0, 0.1) is 0 Å². The minimum absolute atomic E-state index is 0.591. The highest BCUT2D eigenvalue weighted by Crippen LogP contribution is 2.41. The maximum atomic E-state index is 5.62. The number of hydrogen-bond donors (Lipinski definition) is 1. The molecule has 0 spiro atoms. The number of aryl methyl sites for hydroxylation is 1. The molecule has 0 amide bonds. The summed E-state index contributed by atoms with van der Waals surface area (Å²) in [6.45, 7) is 0. The van der Waals surface area contributed by atoms with Crippen molar-refractivity contribution in [2.24, 2.45) is 7.05 Å². The standard InChI is InChI=1S/C20H20IN5O/c1-25(2)19-17-13-9-10-26(3)18(13)14(11-15(17)22-20(23-19)24-21)12-7-5-6-8-16(12)27-4/h5-11H,1-4H3,(H,22,23,24). The van der Waals surface area contributed by atoms with Gasteiger partial charge in [-0.2, -0.15) is 4.98 Å². The second-order valence-corrected chi connectivity index (χ2v) is 7.11. The molecule has 6 nitrogen and oxygen atoms in total. The maximum Gasteiger partial charge on any atom is 0.234 e. The van der Waals surface area contributed by atoms with E-state index >= 15 is 0 Å². The van der Waals surface area contributed by atoms with Crippen molar-refractivity contribution in [2.45, 2.75) is 0 Å². The van der Waals surface area contributed by atoms with Gasteiger partial charge in [-0.05, 0) is 18.2 Å². The molecule has 0 unspecified atom stereocenters. The number of rotatable bonds is 4. The third-order valence-corrected chi connectivity index (χ3v) is 5.18. The number of methoxy groups -OCH3 is 1. The summed E-state index contributed by atoms with van der Waals surface area (Å²) in [5, 5.41) is 2.17. The highest BCUT2D eigenvalue weighted by atomic mass is 127. The number of nitrogens with zero attached hydrogens (tertiary/aromatic N) is 4. The molecular weight excluding hydrogens is 453 g/mol. The molecule has 0 saturated carbocycles. The zero-order chi connectivity index (χ0) is 19.1. The number of anilines is 2. The van der Waals surface area contributed by atoms with Crippen LogP contribution < -0.4 is 13.2 Å². The molecule has 4 aromatic rings. The highest BCUT2D eigenvalue weighted by Gasteiger charge is 2.19. The van der Waals surface area contributed by atoms with Gasteiger partial charge >= 0.3 is 0 Å². The summed E-state index contributed by atoms with van der Waals surface area (Å²) in [6, 6.07) is 12.3. The van der Waals surface area contributed by atoms with Crippen molar-refractivity contribution in [1.82, 2.24) is 14.5 Å². The van der Waals surface area contributed by atoms with Crippen LogP contribution in [0.25, 0.3) is 32.9 Å². The van der Waals surface area contributed by atoms with E-state index in [1.54, 1.807) is 7.11 Å². The summed E-state index contributed by atoms with van der Waals surface area (Å²) in [6.07, 6.45) is 2.08. The SMILES string of the molecule is COc1ccccc1-c1cc2nc(NI)nc(N(C)C)c2c2ccn(C)c12. The van der Waals surface area contributed by atoms with E-state index in [1.165, 1.54) is 0 Å². The third-order valence-electron chi connectivity index (χ3n) is 4.70. The molecule has 0 saturated heterocycles. The van der Waals surface area contributed by atoms with E-state index < -0.39 is 0 Å². The van der Waals surface area contributed by atoms with Crippen LogP contribution in [0.4, 0.5) is 11.8 Å². The van der Waals surface area contributed by atoms with E-state index in [1.807, 2.05) is 37.2 Å².